The summed E-state index contributed by atoms with van der Waals surface area (Å²) < 4.78 is 38.9. The molecule has 0 amide bonds. The van der Waals surface area contributed by atoms with E-state index in [0.717, 1.165) is 32.0 Å². The molecule has 0 bridgehead atoms. The highest BCUT2D eigenvalue weighted by atomic mass is 35.5. The molecule has 0 unspecified atom stereocenters. The second-order valence-electron chi connectivity index (χ2n) is 5.45. The molecule has 0 radical (unpaired) electrons. The lowest BCUT2D eigenvalue weighted by Crippen LogP contribution is -2.27. The SMILES string of the molecule is CCCN(CCC)c1nncc(Nc2ccc(Cl)c(C(F)(F)F)c2)n1. The lowest BCUT2D eigenvalue weighted by atomic mass is 10.2. The van der Waals surface area contributed by atoms with Gasteiger partial charge in [-0.05, 0) is 31.0 Å². The van der Waals surface area contributed by atoms with Crippen LogP contribution < -0.4 is 10.2 Å². The minimum absolute atomic E-state index is 0.223. The molecule has 9 heteroatoms. The number of aromatic nitrogens is 3. The molecule has 0 aliphatic carbocycles. The normalized spacial score (nSPS) is 11.4. The summed E-state index contributed by atoms with van der Waals surface area (Å²) in [6.45, 7) is 5.64. The Morgan fingerprint density at radius 2 is 1.84 bits per heavy atom. The predicted octanol–water partition coefficient (Wildman–Crippen LogP) is 4.91. The van der Waals surface area contributed by atoms with Crippen LogP contribution in [0.4, 0.5) is 30.6 Å². The van der Waals surface area contributed by atoms with Crippen molar-refractivity contribution in [2.45, 2.75) is 32.9 Å². The molecule has 0 aliphatic rings. The zero-order chi connectivity index (χ0) is 18.4. The minimum atomic E-state index is -4.52. The molecule has 0 aliphatic heterocycles. The lowest BCUT2D eigenvalue weighted by Gasteiger charge is -2.21. The molecular formula is C16H19ClF3N5. The molecule has 2 rings (SSSR count). The van der Waals surface area contributed by atoms with Crippen LogP contribution in [0.5, 0.6) is 0 Å². The van der Waals surface area contributed by atoms with Crippen LogP contribution in [0.2, 0.25) is 5.02 Å². The van der Waals surface area contributed by atoms with Crippen LogP contribution in [0, 0.1) is 0 Å². The quantitative estimate of drug-likeness (QED) is 0.747. The number of hydrogen-bond donors (Lipinski definition) is 1. The summed E-state index contributed by atoms with van der Waals surface area (Å²) in [5.74, 6) is 0.761. The maximum absolute atomic E-state index is 13.0. The van der Waals surface area contributed by atoms with Crippen molar-refractivity contribution in [1.29, 1.82) is 0 Å². The highest BCUT2D eigenvalue weighted by Crippen LogP contribution is 2.36. The van der Waals surface area contributed by atoms with Gasteiger partial charge >= 0.3 is 6.18 Å². The van der Waals surface area contributed by atoms with E-state index in [1.807, 2.05) is 18.7 Å². The molecule has 25 heavy (non-hydrogen) atoms. The predicted molar refractivity (Wildman–Crippen MR) is 92.4 cm³/mol. The summed E-state index contributed by atoms with van der Waals surface area (Å²) in [7, 11) is 0. The molecule has 1 heterocycles. The van der Waals surface area contributed by atoms with Crippen molar-refractivity contribution < 1.29 is 13.2 Å². The number of nitrogens with one attached hydrogen (secondary N) is 1. The monoisotopic (exact) mass is 373 g/mol. The standard InChI is InChI=1S/C16H19ClF3N5/c1-3-7-25(8-4-2)15-23-14(10-21-24-15)22-11-5-6-13(17)12(9-11)16(18,19)20/h5-6,9-10H,3-4,7-8H2,1-2H3,(H,22,23,24). The average molecular weight is 374 g/mol. The maximum atomic E-state index is 13.0. The number of benzene rings is 1. The van der Waals surface area contributed by atoms with E-state index >= 15 is 0 Å². The first kappa shape index (κ1) is 19.2. The fraction of sp³-hybridized carbons (Fsp3) is 0.438. The molecule has 0 spiro atoms. The second kappa shape index (κ2) is 8.33. The van der Waals surface area contributed by atoms with Crippen LogP contribution in [-0.2, 0) is 6.18 Å². The van der Waals surface area contributed by atoms with Crippen LogP contribution in [0.15, 0.2) is 24.4 Å². The Morgan fingerprint density at radius 3 is 2.44 bits per heavy atom. The number of alkyl halides is 3. The van der Waals surface area contributed by atoms with Crippen LogP contribution in [0.1, 0.15) is 32.3 Å². The van der Waals surface area contributed by atoms with Gasteiger partial charge in [0.15, 0.2) is 5.82 Å². The van der Waals surface area contributed by atoms with Crippen molar-refractivity contribution in [3.63, 3.8) is 0 Å². The van der Waals surface area contributed by atoms with Crippen molar-refractivity contribution in [2.24, 2.45) is 0 Å². The van der Waals surface area contributed by atoms with E-state index in [2.05, 4.69) is 20.5 Å². The fourth-order valence-electron chi connectivity index (χ4n) is 2.31. The van der Waals surface area contributed by atoms with Crippen molar-refractivity contribution in [1.82, 2.24) is 15.2 Å². The van der Waals surface area contributed by atoms with Gasteiger partial charge < -0.3 is 10.2 Å². The van der Waals surface area contributed by atoms with Gasteiger partial charge in [0.2, 0.25) is 5.95 Å². The van der Waals surface area contributed by atoms with Crippen LogP contribution in [0.3, 0.4) is 0 Å². The molecule has 1 N–H and O–H groups in total. The fourth-order valence-corrected chi connectivity index (χ4v) is 2.53. The number of hydrogen-bond acceptors (Lipinski definition) is 5. The minimum Gasteiger partial charge on any atom is -0.339 e. The highest BCUT2D eigenvalue weighted by molar-refractivity contribution is 6.31. The van der Waals surface area contributed by atoms with Crippen LogP contribution in [-0.4, -0.2) is 28.3 Å². The summed E-state index contributed by atoms with van der Waals surface area (Å²) in [5.41, 5.74) is -0.680. The molecule has 0 fully saturated rings. The van der Waals surface area contributed by atoms with Gasteiger partial charge in [-0.15, -0.1) is 5.10 Å². The number of rotatable bonds is 7. The third-order valence-electron chi connectivity index (χ3n) is 3.36. The van der Waals surface area contributed by atoms with E-state index in [-0.39, 0.29) is 10.7 Å². The molecule has 5 nitrogen and oxygen atoms in total. The maximum Gasteiger partial charge on any atom is 0.417 e. The zero-order valence-electron chi connectivity index (χ0n) is 13.9. The molecule has 1 aromatic carbocycles. The van der Waals surface area contributed by atoms with Crippen molar-refractivity contribution in [3.05, 3.63) is 35.0 Å². The summed E-state index contributed by atoms with van der Waals surface area (Å²) >= 11 is 5.63. The van der Waals surface area contributed by atoms with Gasteiger partial charge in [-0.25, -0.2) is 0 Å². The largest absolute Gasteiger partial charge is 0.417 e. The molecular weight excluding hydrogens is 355 g/mol. The third kappa shape index (κ3) is 5.19. The topological polar surface area (TPSA) is 53.9 Å². The van der Waals surface area contributed by atoms with E-state index in [1.165, 1.54) is 18.3 Å². The van der Waals surface area contributed by atoms with Crippen molar-refractivity contribution >= 4 is 29.1 Å². The zero-order valence-corrected chi connectivity index (χ0v) is 14.7. The Labute approximate surface area is 149 Å². The smallest absolute Gasteiger partial charge is 0.339 e. The van der Waals surface area contributed by atoms with Gasteiger partial charge in [0.1, 0.15) is 0 Å². The van der Waals surface area contributed by atoms with E-state index < -0.39 is 11.7 Å². The molecule has 0 atom stereocenters. The van der Waals surface area contributed by atoms with Crippen molar-refractivity contribution in [2.75, 3.05) is 23.3 Å². The summed E-state index contributed by atoms with van der Waals surface area (Å²) in [4.78, 5) is 6.33. The van der Waals surface area contributed by atoms with E-state index in [4.69, 9.17) is 11.6 Å². The molecule has 136 valence electrons. The Balaban J connectivity index is 2.25. The lowest BCUT2D eigenvalue weighted by molar-refractivity contribution is -0.137. The summed E-state index contributed by atoms with van der Waals surface area (Å²) in [6.07, 6.45) is -1.31. The Morgan fingerprint density at radius 1 is 1.16 bits per heavy atom. The van der Waals surface area contributed by atoms with E-state index in [1.54, 1.807) is 0 Å². The Kier molecular flexibility index (Phi) is 6.41. The first-order chi connectivity index (χ1) is 11.8. The van der Waals surface area contributed by atoms with Gasteiger partial charge in [0, 0.05) is 18.8 Å². The van der Waals surface area contributed by atoms with Gasteiger partial charge in [0.05, 0.1) is 16.8 Å². The Bertz CT molecular complexity index is 702. The first-order valence-electron chi connectivity index (χ1n) is 7.93. The van der Waals surface area contributed by atoms with Gasteiger partial charge in [-0.3, -0.25) is 0 Å². The van der Waals surface area contributed by atoms with E-state index in [0.29, 0.717) is 11.8 Å². The number of nitrogens with zero attached hydrogens (tertiary/aromatic N) is 4. The molecule has 1 aromatic heterocycles. The van der Waals surface area contributed by atoms with Crippen molar-refractivity contribution in [3.8, 4) is 0 Å². The Hall–Kier alpha value is -2.09. The average Bonchev–Trinajstić information content (AvgIpc) is 2.56. The number of halogens is 4. The van der Waals surface area contributed by atoms with Crippen LogP contribution >= 0.6 is 11.6 Å². The summed E-state index contributed by atoms with van der Waals surface area (Å²) in [6, 6.07) is 3.60. The second-order valence-corrected chi connectivity index (χ2v) is 5.85. The molecule has 0 saturated carbocycles. The van der Waals surface area contributed by atoms with Gasteiger partial charge in [0.25, 0.3) is 0 Å². The van der Waals surface area contributed by atoms with Gasteiger partial charge in [-0.2, -0.15) is 23.3 Å². The highest BCUT2D eigenvalue weighted by Gasteiger charge is 2.33. The summed E-state index contributed by atoms with van der Waals surface area (Å²) in [5, 5.41) is 10.4. The van der Waals surface area contributed by atoms with Gasteiger partial charge in [-0.1, -0.05) is 25.4 Å². The van der Waals surface area contributed by atoms with Crippen LogP contribution in [0.25, 0.3) is 0 Å². The molecule has 2 aromatic rings. The number of anilines is 3. The first-order valence-corrected chi connectivity index (χ1v) is 8.31. The third-order valence-corrected chi connectivity index (χ3v) is 3.69. The van der Waals surface area contributed by atoms with E-state index in [9.17, 15) is 13.2 Å². The molecule has 0 saturated heterocycles.